The second-order valence-electron chi connectivity index (χ2n) is 4.63. The highest BCUT2D eigenvalue weighted by molar-refractivity contribution is 5.81. The molecule has 0 N–H and O–H groups in total. The van der Waals surface area contributed by atoms with Crippen LogP contribution < -0.4 is 5.56 Å². The maximum absolute atomic E-state index is 11.9. The molecule has 0 bridgehead atoms. The highest BCUT2D eigenvalue weighted by atomic mass is 16.6. The Bertz CT molecular complexity index is 676. The quantitative estimate of drug-likeness (QED) is 0.617. The molecule has 2 aromatic rings. The van der Waals surface area contributed by atoms with Gasteiger partial charge in [-0.2, -0.15) is 0 Å². The van der Waals surface area contributed by atoms with Gasteiger partial charge in [-0.1, -0.05) is 0 Å². The van der Waals surface area contributed by atoms with Crippen molar-refractivity contribution in [3.8, 4) is 0 Å². The van der Waals surface area contributed by atoms with Crippen LogP contribution in [0.5, 0.6) is 0 Å². The summed E-state index contributed by atoms with van der Waals surface area (Å²) in [5.74, 6) is 0. The van der Waals surface area contributed by atoms with E-state index in [1.807, 2.05) is 19.0 Å². The van der Waals surface area contributed by atoms with Crippen molar-refractivity contribution in [3.05, 3.63) is 50.8 Å². The predicted molar refractivity (Wildman–Crippen MR) is 73.4 cm³/mol. The number of hydrogen-bond acceptors (Lipinski definition) is 4. The zero-order chi connectivity index (χ0) is 14.0. The summed E-state index contributed by atoms with van der Waals surface area (Å²) in [4.78, 5) is 24.2. The highest BCUT2D eigenvalue weighted by Crippen LogP contribution is 2.19. The van der Waals surface area contributed by atoms with Gasteiger partial charge in [0.1, 0.15) is 0 Å². The van der Waals surface area contributed by atoms with Gasteiger partial charge >= 0.3 is 0 Å². The van der Waals surface area contributed by atoms with Crippen LogP contribution >= 0.6 is 0 Å². The summed E-state index contributed by atoms with van der Waals surface area (Å²) in [5.41, 5.74) is 0.661. The summed E-state index contributed by atoms with van der Waals surface area (Å²) >= 11 is 0. The summed E-state index contributed by atoms with van der Waals surface area (Å²) < 4.78 is 1.64. The standard InChI is InChI=1S/C13H15N3O3/c1-14(2)7-8-15-12-5-4-11(16(18)19)9-10(12)3-6-13(15)17/h3-6,9H,7-8H2,1-2H3. The molecule has 0 atom stereocenters. The zero-order valence-corrected chi connectivity index (χ0v) is 10.9. The van der Waals surface area contributed by atoms with Crippen molar-refractivity contribution >= 4 is 16.6 Å². The molecule has 0 unspecified atom stereocenters. The number of nitro benzene ring substituents is 1. The highest BCUT2D eigenvalue weighted by Gasteiger charge is 2.09. The molecule has 0 saturated carbocycles. The fourth-order valence-electron chi connectivity index (χ4n) is 1.94. The fourth-order valence-corrected chi connectivity index (χ4v) is 1.94. The number of rotatable bonds is 4. The topological polar surface area (TPSA) is 68.4 Å². The van der Waals surface area contributed by atoms with E-state index in [2.05, 4.69) is 0 Å². The van der Waals surface area contributed by atoms with Gasteiger partial charge in [0.15, 0.2) is 0 Å². The Kier molecular flexibility index (Phi) is 3.62. The van der Waals surface area contributed by atoms with Crippen LogP contribution in [-0.2, 0) is 6.54 Å². The number of pyridine rings is 1. The zero-order valence-electron chi connectivity index (χ0n) is 10.9. The normalized spacial score (nSPS) is 11.1. The lowest BCUT2D eigenvalue weighted by Gasteiger charge is -2.13. The summed E-state index contributed by atoms with van der Waals surface area (Å²) in [7, 11) is 3.86. The van der Waals surface area contributed by atoms with Crippen molar-refractivity contribution in [1.82, 2.24) is 9.47 Å². The van der Waals surface area contributed by atoms with E-state index in [0.717, 1.165) is 12.1 Å². The molecule has 6 nitrogen and oxygen atoms in total. The molecule has 0 saturated heterocycles. The minimum absolute atomic E-state index is 0.0327. The van der Waals surface area contributed by atoms with Gasteiger partial charge in [0, 0.05) is 36.7 Å². The first-order chi connectivity index (χ1) is 8.99. The Labute approximate surface area is 110 Å². The van der Waals surface area contributed by atoms with E-state index in [4.69, 9.17) is 0 Å². The third kappa shape index (κ3) is 2.79. The van der Waals surface area contributed by atoms with E-state index >= 15 is 0 Å². The van der Waals surface area contributed by atoms with Crippen molar-refractivity contribution in [1.29, 1.82) is 0 Å². The number of fused-ring (bicyclic) bond motifs is 1. The van der Waals surface area contributed by atoms with Crippen LogP contribution in [-0.4, -0.2) is 35.0 Å². The van der Waals surface area contributed by atoms with E-state index in [9.17, 15) is 14.9 Å². The Morgan fingerprint density at radius 1 is 1.26 bits per heavy atom. The third-order valence-electron chi connectivity index (χ3n) is 2.96. The summed E-state index contributed by atoms with van der Waals surface area (Å²) in [5, 5.41) is 11.4. The van der Waals surface area contributed by atoms with Crippen LogP contribution in [0.15, 0.2) is 35.1 Å². The molecule has 6 heteroatoms. The number of nitro groups is 1. The van der Waals surface area contributed by atoms with Gasteiger partial charge in [-0.25, -0.2) is 0 Å². The Hall–Kier alpha value is -2.21. The number of benzene rings is 1. The molecule has 0 aliphatic carbocycles. The molecule has 1 aromatic heterocycles. The first-order valence-corrected chi connectivity index (χ1v) is 5.92. The van der Waals surface area contributed by atoms with Gasteiger partial charge in [-0.3, -0.25) is 14.9 Å². The van der Waals surface area contributed by atoms with E-state index < -0.39 is 4.92 Å². The maximum atomic E-state index is 11.9. The van der Waals surface area contributed by atoms with Gasteiger partial charge < -0.3 is 9.47 Å². The lowest BCUT2D eigenvalue weighted by atomic mass is 10.2. The molecule has 0 spiro atoms. The number of non-ortho nitro benzene ring substituents is 1. The van der Waals surface area contributed by atoms with Crippen LogP contribution in [0.4, 0.5) is 5.69 Å². The Morgan fingerprint density at radius 3 is 2.63 bits per heavy atom. The Balaban J connectivity index is 2.53. The number of hydrogen-bond donors (Lipinski definition) is 0. The summed E-state index contributed by atoms with van der Waals surface area (Å²) in [6.45, 7) is 1.29. The van der Waals surface area contributed by atoms with Crippen molar-refractivity contribution in [2.75, 3.05) is 20.6 Å². The number of likely N-dealkylation sites (N-methyl/N-ethyl adjacent to an activating group) is 1. The second-order valence-corrected chi connectivity index (χ2v) is 4.63. The molecule has 0 fully saturated rings. The molecule has 0 amide bonds. The third-order valence-corrected chi connectivity index (χ3v) is 2.96. The van der Waals surface area contributed by atoms with E-state index in [1.54, 1.807) is 16.7 Å². The second kappa shape index (κ2) is 5.19. The van der Waals surface area contributed by atoms with Crippen LogP contribution in [0.1, 0.15) is 0 Å². The van der Waals surface area contributed by atoms with Gasteiger partial charge in [0.05, 0.1) is 10.4 Å². The minimum Gasteiger partial charge on any atom is -0.308 e. The first-order valence-electron chi connectivity index (χ1n) is 5.92. The maximum Gasteiger partial charge on any atom is 0.270 e. The minimum atomic E-state index is -0.436. The average molecular weight is 261 g/mol. The molecule has 0 radical (unpaired) electrons. The van der Waals surface area contributed by atoms with E-state index in [1.165, 1.54) is 18.2 Å². The van der Waals surface area contributed by atoms with Crippen molar-refractivity contribution in [3.63, 3.8) is 0 Å². The summed E-state index contributed by atoms with van der Waals surface area (Å²) in [6.07, 6.45) is 0. The molecular formula is C13H15N3O3. The van der Waals surface area contributed by atoms with E-state index in [-0.39, 0.29) is 11.2 Å². The molecule has 1 heterocycles. The average Bonchev–Trinajstić information content (AvgIpc) is 2.36. The smallest absolute Gasteiger partial charge is 0.270 e. The largest absolute Gasteiger partial charge is 0.308 e. The van der Waals surface area contributed by atoms with Gasteiger partial charge in [-0.15, -0.1) is 0 Å². The van der Waals surface area contributed by atoms with Crippen molar-refractivity contribution in [2.45, 2.75) is 6.54 Å². The molecule has 0 aliphatic heterocycles. The predicted octanol–water partition coefficient (Wildman–Crippen LogP) is 1.47. The molecule has 1 aromatic carbocycles. The first kappa shape index (κ1) is 13.2. The molecule has 19 heavy (non-hydrogen) atoms. The number of aromatic nitrogens is 1. The molecule has 100 valence electrons. The van der Waals surface area contributed by atoms with Gasteiger partial charge in [-0.05, 0) is 26.2 Å². The van der Waals surface area contributed by atoms with Crippen LogP contribution in [0, 0.1) is 10.1 Å². The fraction of sp³-hybridized carbons (Fsp3) is 0.308. The lowest BCUT2D eigenvalue weighted by molar-refractivity contribution is -0.384. The van der Waals surface area contributed by atoms with Crippen LogP contribution in [0.2, 0.25) is 0 Å². The monoisotopic (exact) mass is 261 g/mol. The summed E-state index contributed by atoms with van der Waals surface area (Å²) in [6, 6.07) is 7.61. The van der Waals surface area contributed by atoms with Gasteiger partial charge in [0.2, 0.25) is 0 Å². The van der Waals surface area contributed by atoms with E-state index in [0.29, 0.717) is 11.9 Å². The van der Waals surface area contributed by atoms with Crippen LogP contribution in [0.3, 0.4) is 0 Å². The molecular weight excluding hydrogens is 246 g/mol. The van der Waals surface area contributed by atoms with Crippen molar-refractivity contribution < 1.29 is 4.92 Å². The molecule has 0 aliphatic rings. The van der Waals surface area contributed by atoms with Crippen molar-refractivity contribution in [2.24, 2.45) is 0 Å². The van der Waals surface area contributed by atoms with Crippen LogP contribution in [0.25, 0.3) is 10.9 Å². The number of nitrogens with zero attached hydrogens (tertiary/aromatic N) is 3. The lowest BCUT2D eigenvalue weighted by Crippen LogP contribution is -2.26. The van der Waals surface area contributed by atoms with Gasteiger partial charge in [0.25, 0.3) is 11.2 Å². The Morgan fingerprint density at radius 2 is 2.00 bits per heavy atom. The molecule has 2 rings (SSSR count). The SMILES string of the molecule is CN(C)CCn1c(=O)ccc2cc([N+](=O)[O-])ccc21.